The molecule has 0 aromatic heterocycles. The summed E-state index contributed by atoms with van der Waals surface area (Å²) in [5.41, 5.74) is 7.13. The second-order valence-corrected chi connectivity index (χ2v) is 6.29. The summed E-state index contributed by atoms with van der Waals surface area (Å²) in [6, 6.07) is 9.44. The molecule has 2 aromatic rings. The SMILES string of the molecule is CCOc1cc(CNCc2ccc3c(c2)OCO3)cc(Cl)c1OCC(N)=O.Cl. The highest BCUT2D eigenvalue weighted by Crippen LogP contribution is 2.37. The minimum atomic E-state index is -0.581. The molecule has 3 rings (SSSR count). The van der Waals surface area contributed by atoms with Crippen LogP contribution in [0.25, 0.3) is 0 Å². The standard InChI is InChI=1S/C19H21ClN2O5.ClH/c1-2-24-17-7-13(5-14(20)19(17)25-10-18(21)23)9-22-8-12-3-4-15-16(6-12)27-11-26-15;/h3-7,22H,2,8-11H2,1H3,(H2,21,23);1H. The van der Waals surface area contributed by atoms with Crippen molar-refractivity contribution in [2.75, 3.05) is 20.0 Å². The Balaban J connectivity index is 0.00000280. The van der Waals surface area contributed by atoms with E-state index in [9.17, 15) is 4.79 Å². The number of carbonyl (C=O) groups excluding carboxylic acids is 1. The quantitative estimate of drug-likeness (QED) is 0.637. The normalized spacial score (nSPS) is 11.6. The van der Waals surface area contributed by atoms with E-state index >= 15 is 0 Å². The van der Waals surface area contributed by atoms with Crippen molar-refractivity contribution >= 4 is 29.9 Å². The lowest BCUT2D eigenvalue weighted by molar-refractivity contribution is -0.119. The molecule has 0 bridgehead atoms. The first-order valence-electron chi connectivity index (χ1n) is 8.52. The molecular formula is C19H22Cl2N2O5. The largest absolute Gasteiger partial charge is 0.490 e. The number of nitrogens with one attached hydrogen (secondary N) is 1. The zero-order valence-electron chi connectivity index (χ0n) is 15.3. The fourth-order valence-electron chi connectivity index (χ4n) is 2.67. The molecule has 1 heterocycles. The van der Waals surface area contributed by atoms with Crippen LogP contribution in [-0.2, 0) is 17.9 Å². The van der Waals surface area contributed by atoms with Gasteiger partial charge in [0.1, 0.15) is 0 Å². The molecule has 9 heteroatoms. The third-order valence-corrected chi connectivity index (χ3v) is 4.10. The van der Waals surface area contributed by atoms with Crippen LogP contribution in [-0.4, -0.2) is 25.9 Å². The Morgan fingerprint density at radius 3 is 2.64 bits per heavy atom. The summed E-state index contributed by atoms with van der Waals surface area (Å²) in [5.74, 6) is 1.73. The third kappa shape index (κ3) is 5.58. The number of hydrogen-bond donors (Lipinski definition) is 2. The van der Waals surface area contributed by atoms with Gasteiger partial charge in [0, 0.05) is 13.1 Å². The molecule has 0 radical (unpaired) electrons. The van der Waals surface area contributed by atoms with Crippen LogP contribution in [0.4, 0.5) is 0 Å². The Morgan fingerprint density at radius 1 is 1.14 bits per heavy atom. The lowest BCUT2D eigenvalue weighted by atomic mass is 10.1. The molecule has 2 aromatic carbocycles. The number of amides is 1. The van der Waals surface area contributed by atoms with Gasteiger partial charge >= 0.3 is 0 Å². The van der Waals surface area contributed by atoms with Crippen LogP contribution in [0.2, 0.25) is 5.02 Å². The third-order valence-electron chi connectivity index (χ3n) is 3.82. The van der Waals surface area contributed by atoms with Gasteiger partial charge in [-0.2, -0.15) is 0 Å². The maximum Gasteiger partial charge on any atom is 0.255 e. The van der Waals surface area contributed by atoms with Crippen LogP contribution in [0.15, 0.2) is 30.3 Å². The molecule has 1 amide bonds. The van der Waals surface area contributed by atoms with Gasteiger partial charge < -0.3 is 30.0 Å². The lowest BCUT2D eigenvalue weighted by Crippen LogP contribution is -2.20. The van der Waals surface area contributed by atoms with E-state index in [0.717, 1.165) is 22.6 Å². The molecule has 7 nitrogen and oxygen atoms in total. The van der Waals surface area contributed by atoms with Gasteiger partial charge in [0.05, 0.1) is 11.6 Å². The maximum atomic E-state index is 11.0. The lowest BCUT2D eigenvalue weighted by Gasteiger charge is -2.15. The van der Waals surface area contributed by atoms with E-state index in [0.29, 0.717) is 36.2 Å². The highest BCUT2D eigenvalue weighted by atomic mass is 35.5. The average Bonchev–Trinajstić information content (AvgIpc) is 3.09. The van der Waals surface area contributed by atoms with Gasteiger partial charge in [0.25, 0.3) is 5.91 Å². The number of hydrogen-bond acceptors (Lipinski definition) is 6. The van der Waals surface area contributed by atoms with E-state index in [-0.39, 0.29) is 25.8 Å². The fourth-order valence-corrected chi connectivity index (χ4v) is 2.96. The van der Waals surface area contributed by atoms with E-state index in [1.54, 1.807) is 6.07 Å². The van der Waals surface area contributed by atoms with Crippen molar-refractivity contribution in [3.8, 4) is 23.0 Å². The minimum Gasteiger partial charge on any atom is -0.490 e. The second-order valence-electron chi connectivity index (χ2n) is 5.88. The summed E-state index contributed by atoms with van der Waals surface area (Å²) in [6.45, 7) is 3.52. The Hall–Kier alpha value is -2.35. The van der Waals surface area contributed by atoms with E-state index < -0.39 is 5.91 Å². The number of primary amides is 1. The van der Waals surface area contributed by atoms with Gasteiger partial charge in [-0.05, 0) is 42.3 Å². The number of carbonyl (C=O) groups is 1. The van der Waals surface area contributed by atoms with E-state index in [1.165, 1.54) is 0 Å². The first kappa shape index (κ1) is 21.9. The van der Waals surface area contributed by atoms with Crippen LogP contribution in [0.5, 0.6) is 23.0 Å². The second kappa shape index (κ2) is 10.3. The van der Waals surface area contributed by atoms with Crippen molar-refractivity contribution in [2.24, 2.45) is 5.73 Å². The number of nitrogens with two attached hydrogens (primary N) is 1. The smallest absolute Gasteiger partial charge is 0.255 e. The van der Waals surface area contributed by atoms with Crippen LogP contribution < -0.4 is 30.0 Å². The summed E-state index contributed by atoms with van der Waals surface area (Å²) >= 11 is 6.30. The molecule has 0 saturated heterocycles. The van der Waals surface area contributed by atoms with Crippen molar-refractivity contribution in [1.29, 1.82) is 0 Å². The van der Waals surface area contributed by atoms with Crippen molar-refractivity contribution in [1.82, 2.24) is 5.32 Å². The van der Waals surface area contributed by atoms with E-state index in [2.05, 4.69) is 5.32 Å². The summed E-state index contributed by atoms with van der Waals surface area (Å²) in [6.07, 6.45) is 0. The Bertz CT molecular complexity index is 832. The number of benzene rings is 2. The van der Waals surface area contributed by atoms with Gasteiger partial charge in [-0.1, -0.05) is 17.7 Å². The zero-order chi connectivity index (χ0) is 19.2. The molecule has 0 atom stereocenters. The van der Waals surface area contributed by atoms with E-state index in [1.807, 2.05) is 31.2 Å². The molecule has 0 spiro atoms. The Labute approximate surface area is 174 Å². The van der Waals surface area contributed by atoms with Gasteiger partial charge in [-0.3, -0.25) is 4.79 Å². The number of rotatable bonds is 9. The first-order chi connectivity index (χ1) is 13.1. The Morgan fingerprint density at radius 2 is 1.89 bits per heavy atom. The highest BCUT2D eigenvalue weighted by Gasteiger charge is 2.15. The van der Waals surface area contributed by atoms with Crippen LogP contribution in [0.1, 0.15) is 18.1 Å². The Kier molecular flexibility index (Phi) is 8.04. The summed E-state index contributed by atoms with van der Waals surface area (Å²) < 4.78 is 21.7. The monoisotopic (exact) mass is 428 g/mol. The van der Waals surface area contributed by atoms with Crippen LogP contribution in [0, 0.1) is 0 Å². The number of halogens is 2. The first-order valence-corrected chi connectivity index (χ1v) is 8.90. The molecule has 0 unspecified atom stereocenters. The minimum absolute atomic E-state index is 0. The summed E-state index contributed by atoms with van der Waals surface area (Å²) in [7, 11) is 0. The highest BCUT2D eigenvalue weighted by molar-refractivity contribution is 6.32. The molecule has 1 aliphatic heterocycles. The molecule has 28 heavy (non-hydrogen) atoms. The molecule has 1 aliphatic rings. The van der Waals surface area contributed by atoms with Gasteiger partial charge in [-0.25, -0.2) is 0 Å². The summed E-state index contributed by atoms with van der Waals surface area (Å²) in [5, 5.41) is 3.71. The maximum absolute atomic E-state index is 11.0. The van der Waals surface area contributed by atoms with Crippen LogP contribution >= 0.6 is 24.0 Å². The van der Waals surface area contributed by atoms with Crippen molar-refractivity contribution in [3.63, 3.8) is 0 Å². The number of ether oxygens (including phenoxy) is 4. The fraction of sp³-hybridized carbons (Fsp3) is 0.316. The zero-order valence-corrected chi connectivity index (χ0v) is 16.9. The van der Waals surface area contributed by atoms with Gasteiger partial charge in [-0.15, -0.1) is 12.4 Å². The molecule has 0 fully saturated rings. The van der Waals surface area contributed by atoms with Crippen molar-refractivity contribution in [3.05, 3.63) is 46.5 Å². The van der Waals surface area contributed by atoms with Crippen molar-refractivity contribution in [2.45, 2.75) is 20.0 Å². The van der Waals surface area contributed by atoms with Gasteiger partial charge in [0.15, 0.2) is 29.6 Å². The summed E-state index contributed by atoms with van der Waals surface area (Å²) in [4.78, 5) is 11.0. The van der Waals surface area contributed by atoms with Crippen molar-refractivity contribution < 1.29 is 23.7 Å². The topological polar surface area (TPSA) is 92.0 Å². The average molecular weight is 429 g/mol. The molecule has 3 N–H and O–H groups in total. The predicted molar refractivity (Wildman–Crippen MR) is 108 cm³/mol. The van der Waals surface area contributed by atoms with E-state index in [4.69, 9.17) is 36.3 Å². The number of fused-ring (bicyclic) bond motifs is 1. The predicted octanol–water partition coefficient (Wildman–Crippen LogP) is 3.04. The van der Waals surface area contributed by atoms with Crippen LogP contribution in [0.3, 0.4) is 0 Å². The molecule has 0 saturated carbocycles. The van der Waals surface area contributed by atoms with Gasteiger partial charge in [0.2, 0.25) is 6.79 Å². The molecule has 152 valence electrons. The molecule has 0 aliphatic carbocycles. The molecular weight excluding hydrogens is 407 g/mol.